The molecule has 3 aromatic rings. The molecule has 2 aromatic carbocycles. The van der Waals surface area contributed by atoms with Crippen LogP contribution in [-0.4, -0.2) is 62.6 Å². The number of aromatic amines is 1. The number of likely N-dealkylation sites (tertiary alicyclic amines) is 1. The number of nitrogens with two attached hydrogens (primary N) is 1. The lowest BCUT2D eigenvalue weighted by molar-refractivity contribution is -0.137. The molecule has 0 spiro atoms. The second kappa shape index (κ2) is 9.69. The number of rotatable bonds is 9. The summed E-state index contributed by atoms with van der Waals surface area (Å²) in [7, 11) is 0. The van der Waals surface area contributed by atoms with E-state index in [1.807, 2.05) is 49.1 Å². The molecule has 12 nitrogen and oxygen atoms in total. The Morgan fingerprint density at radius 1 is 1.16 bits per heavy atom. The van der Waals surface area contributed by atoms with Gasteiger partial charge in [0.25, 0.3) is 0 Å². The van der Waals surface area contributed by atoms with Crippen molar-refractivity contribution in [3.63, 3.8) is 0 Å². The number of amidine groups is 1. The fourth-order valence-electron chi connectivity index (χ4n) is 4.73. The van der Waals surface area contributed by atoms with E-state index in [1.54, 1.807) is 12.1 Å². The monoisotopic (exact) mass is 501 g/mol. The van der Waals surface area contributed by atoms with Crippen molar-refractivity contribution >= 4 is 17.4 Å². The molecule has 192 valence electrons. The molecule has 12 heteroatoms. The van der Waals surface area contributed by atoms with Crippen LogP contribution in [-0.2, 0) is 16.9 Å². The van der Waals surface area contributed by atoms with Crippen LogP contribution in [0.4, 0.5) is 5.69 Å². The van der Waals surface area contributed by atoms with Crippen molar-refractivity contribution in [3.8, 4) is 0 Å². The number of hydrogen-bond acceptors (Lipinski definition) is 9. The van der Waals surface area contributed by atoms with Gasteiger partial charge in [-0.25, -0.2) is 0 Å². The van der Waals surface area contributed by atoms with Gasteiger partial charge >= 0.3 is 0 Å². The maximum Gasteiger partial charge on any atom is 0.247 e. The van der Waals surface area contributed by atoms with Crippen molar-refractivity contribution in [1.29, 1.82) is 5.41 Å². The molecule has 2 atom stereocenters. The summed E-state index contributed by atoms with van der Waals surface area (Å²) in [5.74, 6) is 0.533. The van der Waals surface area contributed by atoms with Gasteiger partial charge < -0.3 is 16.0 Å². The van der Waals surface area contributed by atoms with Gasteiger partial charge in [0, 0.05) is 24.3 Å². The predicted octanol–water partition coefficient (Wildman–Crippen LogP) is 0.192. The summed E-state index contributed by atoms with van der Waals surface area (Å²) >= 11 is 0. The fourth-order valence-corrected chi connectivity index (χ4v) is 4.73. The number of anilines is 1. The highest BCUT2D eigenvalue weighted by molar-refractivity contribution is 5.95. The lowest BCUT2D eigenvalue weighted by Crippen LogP contribution is -2.53. The predicted molar refractivity (Wildman–Crippen MR) is 137 cm³/mol. The Kier molecular flexibility index (Phi) is 6.42. The Morgan fingerprint density at radius 3 is 2.57 bits per heavy atom. The van der Waals surface area contributed by atoms with Gasteiger partial charge in [-0.15, -0.1) is 10.2 Å². The molecule has 2 aliphatic heterocycles. The number of hydrogen-bond donors (Lipinski definition) is 5. The number of amides is 1. The average molecular weight is 502 g/mol. The summed E-state index contributed by atoms with van der Waals surface area (Å²) in [5, 5.41) is 29.9. The number of tetrazole rings is 1. The van der Waals surface area contributed by atoms with Crippen molar-refractivity contribution in [2.75, 3.05) is 25.0 Å². The number of carbonyl (C=O) groups excluding carboxylic acids is 1. The van der Waals surface area contributed by atoms with Crippen LogP contribution < -0.4 is 27.1 Å². The molecular weight excluding hydrogens is 470 g/mol. The minimum atomic E-state index is -0.995. The molecule has 0 radical (unpaired) electrons. The largest absolute Gasteiger partial charge is 0.384 e. The molecule has 0 aliphatic carbocycles. The van der Waals surface area contributed by atoms with Crippen molar-refractivity contribution in [2.45, 2.75) is 44.4 Å². The Bertz CT molecular complexity index is 1410. The zero-order chi connectivity index (χ0) is 26.0. The third-order valence-corrected chi connectivity index (χ3v) is 6.91. The third-order valence-electron chi connectivity index (χ3n) is 6.91. The van der Waals surface area contributed by atoms with Gasteiger partial charge in [0.2, 0.25) is 5.91 Å². The molecule has 0 bridgehead atoms. The Labute approximate surface area is 214 Å². The zero-order valence-corrected chi connectivity index (χ0v) is 21.0. The van der Waals surface area contributed by atoms with Gasteiger partial charge in [-0.3, -0.25) is 25.5 Å². The lowest BCUT2D eigenvalue weighted by atomic mass is 9.90. The van der Waals surface area contributed by atoms with E-state index in [0.29, 0.717) is 17.9 Å². The highest BCUT2D eigenvalue weighted by Gasteiger charge is 2.39. The number of nitrogens with one attached hydrogen (secondary N) is 4. The minimum Gasteiger partial charge on any atom is -0.384 e. The number of nitrogens with zero attached hydrogens (tertiary/aromatic N) is 6. The van der Waals surface area contributed by atoms with Gasteiger partial charge in [-0.05, 0) is 68.7 Å². The summed E-state index contributed by atoms with van der Waals surface area (Å²) in [6.45, 7) is 6.13. The smallest absolute Gasteiger partial charge is 0.247 e. The molecule has 1 amide bonds. The molecule has 1 saturated heterocycles. The van der Waals surface area contributed by atoms with Crippen LogP contribution in [0, 0.1) is 5.41 Å². The lowest BCUT2D eigenvalue weighted by Gasteiger charge is -2.33. The SMILES string of the molecule is CC1(CNc2ccc(C(=N)N)cc2)N=c2ccc(C(C)(NCc3nn[nH]n3)C(=O)N3CCCC3)cc2=N1. The van der Waals surface area contributed by atoms with Gasteiger partial charge in [-0.1, -0.05) is 11.3 Å². The van der Waals surface area contributed by atoms with Crippen LogP contribution >= 0.6 is 0 Å². The van der Waals surface area contributed by atoms with Crippen molar-refractivity contribution in [3.05, 3.63) is 70.1 Å². The summed E-state index contributed by atoms with van der Waals surface area (Å²) in [5.41, 5.74) is 6.22. The molecular formula is C25H31N11O. The third kappa shape index (κ3) is 5.05. The van der Waals surface area contributed by atoms with Crippen molar-refractivity contribution < 1.29 is 4.79 Å². The van der Waals surface area contributed by atoms with Crippen LogP contribution in [0.2, 0.25) is 0 Å². The quantitative estimate of drug-likeness (QED) is 0.205. The zero-order valence-electron chi connectivity index (χ0n) is 21.0. The van der Waals surface area contributed by atoms with Crippen LogP contribution in [0.3, 0.4) is 0 Å². The van der Waals surface area contributed by atoms with E-state index in [0.717, 1.165) is 47.9 Å². The summed E-state index contributed by atoms with van der Waals surface area (Å²) in [6, 6.07) is 13.2. The first-order chi connectivity index (χ1) is 17.8. The van der Waals surface area contributed by atoms with Crippen LogP contribution in [0.5, 0.6) is 0 Å². The number of carbonyl (C=O) groups is 1. The number of fused-ring (bicyclic) bond motifs is 1. The first kappa shape index (κ1) is 24.5. The van der Waals surface area contributed by atoms with E-state index < -0.39 is 11.2 Å². The highest BCUT2D eigenvalue weighted by Crippen LogP contribution is 2.26. The van der Waals surface area contributed by atoms with E-state index in [1.165, 1.54) is 0 Å². The highest BCUT2D eigenvalue weighted by atomic mass is 16.2. The minimum absolute atomic E-state index is 0.0156. The maximum atomic E-state index is 13.7. The van der Waals surface area contributed by atoms with E-state index >= 15 is 0 Å². The Morgan fingerprint density at radius 2 is 1.89 bits per heavy atom. The molecule has 2 aliphatic rings. The molecule has 0 saturated carbocycles. The van der Waals surface area contributed by atoms with E-state index in [4.69, 9.17) is 21.1 Å². The van der Waals surface area contributed by atoms with Gasteiger partial charge in [-0.2, -0.15) is 5.21 Å². The fraction of sp³-hybridized carbons (Fsp3) is 0.400. The van der Waals surface area contributed by atoms with Crippen molar-refractivity contribution in [2.24, 2.45) is 15.7 Å². The summed E-state index contributed by atoms with van der Waals surface area (Å²) < 4.78 is 0. The number of aromatic nitrogens is 4. The van der Waals surface area contributed by atoms with E-state index in [-0.39, 0.29) is 18.3 Å². The van der Waals surface area contributed by atoms with Crippen LogP contribution in [0.1, 0.15) is 43.6 Å². The van der Waals surface area contributed by atoms with Crippen LogP contribution in [0.15, 0.2) is 52.4 Å². The van der Waals surface area contributed by atoms with E-state index in [9.17, 15) is 4.79 Å². The standard InChI is InChI=1S/C25H31N11O/c1-24(15-28-18-8-5-16(6-9-18)22(26)27)30-19-10-7-17(13-20(19)31-24)25(2,23(37)36-11-3-4-12-36)29-14-21-32-34-35-33-21/h5-10,13,28-29H,3-4,11-12,14-15H2,1-2H3,(H3,26,27)(H,32,33,34,35). The second-order valence-corrected chi connectivity index (χ2v) is 9.79. The number of nitrogen functional groups attached to an aromatic ring is 1. The molecule has 2 unspecified atom stereocenters. The molecule has 1 fully saturated rings. The Balaban J connectivity index is 1.39. The Hall–Kier alpha value is -4.19. The molecule has 1 aromatic heterocycles. The van der Waals surface area contributed by atoms with E-state index in [2.05, 4.69) is 31.3 Å². The summed E-state index contributed by atoms with van der Waals surface area (Å²) in [6.07, 6.45) is 2.02. The molecule has 3 heterocycles. The average Bonchev–Trinajstić information content (AvgIpc) is 3.66. The van der Waals surface area contributed by atoms with Gasteiger partial charge in [0.1, 0.15) is 11.4 Å². The van der Waals surface area contributed by atoms with Gasteiger partial charge in [0.05, 0.1) is 23.8 Å². The first-order valence-electron chi connectivity index (χ1n) is 12.3. The molecule has 5 rings (SSSR count). The number of H-pyrrole nitrogens is 1. The van der Waals surface area contributed by atoms with Gasteiger partial charge in [0.15, 0.2) is 11.5 Å². The molecule has 6 N–H and O–H groups in total. The normalized spacial score (nSPS) is 20.0. The second-order valence-electron chi connectivity index (χ2n) is 9.79. The molecule has 37 heavy (non-hydrogen) atoms. The maximum absolute atomic E-state index is 13.7. The van der Waals surface area contributed by atoms with Crippen molar-refractivity contribution in [1.82, 2.24) is 30.8 Å². The first-order valence-corrected chi connectivity index (χ1v) is 12.3. The topological polar surface area (TPSA) is 173 Å². The van der Waals surface area contributed by atoms with Crippen LogP contribution in [0.25, 0.3) is 0 Å². The summed E-state index contributed by atoms with van der Waals surface area (Å²) in [4.78, 5) is 25.4. The number of benzene rings is 2.